The highest BCUT2D eigenvalue weighted by Gasteiger charge is 2.24. The van der Waals surface area contributed by atoms with Gasteiger partial charge in [0.15, 0.2) is 0 Å². The first-order valence-electron chi connectivity index (χ1n) is 7.19. The Morgan fingerprint density at radius 1 is 1.00 bits per heavy atom. The Morgan fingerprint density at radius 3 is 2.17 bits per heavy atom. The standard InChI is InChI=1S/C17H21NO4S/c1-12-10-16(22-4)17(11-15(12)21-3)23(19,20)18-13(2)14-8-6-5-7-9-14/h5-11,13,18H,1-4H3. The van der Waals surface area contributed by atoms with Crippen LogP contribution in [0.4, 0.5) is 0 Å². The molecule has 0 saturated heterocycles. The zero-order valence-electron chi connectivity index (χ0n) is 13.7. The molecule has 2 rings (SSSR count). The van der Waals surface area contributed by atoms with Gasteiger partial charge in [-0.25, -0.2) is 13.1 Å². The molecule has 5 nitrogen and oxygen atoms in total. The SMILES string of the molecule is COc1cc(S(=O)(=O)NC(C)c2ccccc2)c(OC)cc1C. The van der Waals surface area contributed by atoms with Crippen LogP contribution < -0.4 is 14.2 Å². The number of rotatable bonds is 6. The monoisotopic (exact) mass is 335 g/mol. The molecule has 1 unspecified atom stereocenters. The van der Waals surface area contributed by atoms with Crippen LogP contribution in [0.1, 0.15) is 24.1 Å². The van der Waals surface area contributed by atoms with Gasteiger partial charge in [0.25, 0.3) is 0 Å². The van der Waals surface area contributed by atoms with E-state index in [4.69, 9.17) is 9.47 Å². The Bertz CT molecular complexity index is 773. The smallest absolute Gasteiger partial charge is 0.244 e. The van der Waals surface area contributed by atoms with Gasteiger partial charge in [0.2, 0.25) is 10.0 Å². The van der Waals surface area contributed by atoms with Gasteiger partial charge in [-0.2, -0.15) is 0 Å². The van der Waals surface area contributed by atoms with Gasteiger partial charge in [-0.05, 0) is 31.0 Å². The number of methoxy groups -OCH3 is 2. The molecule has 0 aliphatic heterocycles. The predicted molar refractivity (Wildman–Crippen MR) is 89.5 cm³/mol. The van der Waals surface area contributed by atoms with E-state index in [2.05, 4.69) is 4.72 Å². The average molecular weight is 335 g/mol. The van der Waals surface area contributed by atoms with Gasteiger partial charge in [-0.1, -0.05) is 30.3 Å². The third-order valence-electron chi connectivity index (χ3n) is 3.60. The highest BCUT2D eigenvalue weighted by molar-refractivity contribution is 7.89. The summed E-state index contributed by atoms with van der Waals surface area (Å²) in [5, 5.41) is 0. The molecule has 23 heavy (non-hydrogen) atoms. The van der Waals surface area contributed by atoms with Crippen LogP contribution in [0.5, 0.6) is 11.5 Å². The molecule has 1 atom stereocenters. The highest BCUT2D eigenvalue weighted by Crippen LogP contribution is 2.32. The number of hydrogen-bond acceptors (Lipinski definition) is 4. The van der Waals surface area contributed by atoms with E-state index in [1.807, 2.05) is 37.3 Å². The topological polar surface area (TPSA) is 64.6 Å². The third kappa shape index (κ3) is 3.83. The third-order valence-corrected chi connectivity index (χ3v) is 5.16. The first-order valence-corrected chi connectivity index (χ1v) is 8.67. The first kappa shape index (κ1) is 17.3. The van der Waals surface area contributed by atoms with E-state index in [0.29, 0.717) is 5.75 Å². The fourth-order valence-electron chi connectivity index (χ4n) is 2.34. The largest absolute Gasteiger partial charge is 0.496 e. The number of hydrogen-bond donors (Lipinski definition) is 1. The van der Waals surface area contributed by atoms with Crippen molar-refractivity contribution < 1.29 is 17.9 Å². The second-order valence-corrected chi connectivity index (χ2v) is 6.91. The van der Waals surface area contributed by atoms with Crippen LogP contribution in [0.15, 0.2) is 47.4 Å². The fraction of sp³-hybridized carbons (Fsp3) is 0.294. The van der Waals surface area contributed by atoms with Crippen molar-refractivity contribution in [3.8, 4) is 11.5 Å². The zero-order valence-corrected chi connectivity index (χ0v) is 14.5. The molecule has 1 N–H and O–H groups in total. The van der Waals surface area contributed by atoms with Crippen LogP contribution in [0, 0.1) is 6.92 Å². The number of nitrogens with one attached hydrogen (secondary N) is 1. The van der Waals surface area contributed by atoms with Crippen molar-refractivity contribution in [2.24, 2.45) is 0 Å². The summed E-state index contributed by atoms with van der Waals surface area (Å²) in [4.78, 5) is 0.0604. The predicted octanol–water partition coefficient (Wildman–Crippen LogP) is 3.05. The lowest BCUT2D eigenvalue weighted by molar-refractivity contribution is 0.389. The zero-order chi connectivity index (χ0) is 17.0. The minimum atomic E-state index is -3.75. The number of aryl methyl sites for hydroxylation is 1. The number of sulfonamides is 1. The minimum Gasteiger partial charge on any atom is -0.496 e. The summed E-state index contributed by atoms with van der Waals surface area (Å²) in [5.74, 6) is 0.787. The summed E-state index contributed by atoms with van der Waals surface area (Å²) in [6.45, 7) is 3.63. The van der Waals surface area contributed by atoms with E-state index in [1.165, 1.54) is 20.3 Å². The van der Waals surface area contributed by atoms with E-state index in [1.54, 1.807) is 13.0 Å². The molecule has 2 aromatic carbocycles. The number of benzene rings is 2. The summed E-state index contributed by atoms with van der Waals surface area (Å²) in [7, 11) is -0.804. The maximum atomic E-state index is 12.7. The lowest BCUT2D eigenvalue weighted by Crippen LogP contribution is -2.27. The van der Waals surface area contributed by atoms with Crippen molar-refractivity contribution >= 4 is 10.0 Å². The Balaban J connectivity index is 2.39. The van der Waals surface area contributed by atoms with Crippen molar-refractivity contribution in [1.29, 1.82) is 0 Å². The minimum absolute atomic E-state index is 0.0604. The van der Waals surface area contributed by atoms with E-state index in [0.717, 1.165) is 11.1 Å². The summed E-state index contributed by atoms with van der Waals surface area (Å²) in [5.41, 5.74) is 1.69. The van der Waals surface area contributed by atoms with Gasteiger partial charge in [0.05, 0.1) is 14.2 Å². The van der Waals surface area contributed by atoms with E-state index in [-0.39, 0.29) is 16.7 Å². The van der Waals surface area contributed by atoms with Crippen LogP contribution in [0.3, 0.4) is 0 Å². The van der Waals surface area contributed by atoms with Crippen molar-refractivity contribution in [3.05, 3.63) is 53.6 Å². The molecule has 0 fully saturated rings. The number of ether oxygens (including phenoxy) is 2. The molecule has 6 heteroatoms. The second-order valence-electron chi connectivity index (χ2n) is 5.23. The van der Waals surface area contributed by atoms with Crippen LogP contribution in [-0.4, -0.2) is 22.6 Å². The van der Waals surface area contributed by atoms with Gasteiger partial charge in [-0.3, -0.25) is 0 Å². The van der Waals surface area contributed by atoms with E-state index < -0.39 is 10.0 Å². The molecule has 0 amide bonds. The highest BCUT2D eigenvalue weighted by atomic mass is 32.2. The molecular weight excluding hydrogens is 314 g/mol. The Hall–Kier alpha value is -2.05. The normalized spacial score (nSPS) is 12.7. The van der Waals surface area contributed by atoms with Crippen LogP contribution in [0.25, 0.3) is 0 Å². The summed E-state index contributed by atoms with van der Waals surface area (Å²) >= 11 is 0. The van der Waals surface area contributed by atoms with Crippen molar-refractivity contribution in [1.82, 2.24) is 4.72 Å². The Labute approximate surface area is 137 Å². The van der Waals surface area contributed by atoms with Crippen molar-refractivity contribution in [3.63, 3.8) is 0 Å². The van der Waals surface area contributed by atoms with Crippen molar-refractivity contribution in [2.45, 2.75) is 24.8 Å². The summed E-state index contributed by atoms with van der Waals surface area (Å²) < 4.78 is 38.6. The van der Waals surface area contributed by atoms with Gasteiger partial charge < -0.3 is 9.47 Å². The molecule has 2 aromatic rings. The lowest BCUT2D eigenvalue weighted by atomic mass is 10.1. The Morgan fingerprint density at radius 2 is 1.61 bits per heavy atom. The molecule has 0 radical (unpaired) electrons. The van der Waals surface area contributed by atoms with Gasteiger partial charge >= 0.3 is 0 Å². The molecule has 0 aliphatic rings. The maximum absolute atomic E-state index is 12.7. The summed E-state index contributed by atoms with van der Waals surface area (Å²) in [6, 6.07) is 12.2. The van der Waals surface area contributed by atoms with Crippen LogP contribution in [0.2, 0.25) is 0 Å². The molecule has 0 bridgehead atoms. The fourth-order valence-corrected chi connectivity index (χ4v) is 3.74. The van der Waals surface area contributed by atoms with E-state index in [9.17, 15) is 8.42 Å². The van der Waals surface area contributed by atoms with Crippen LogP contribution >= 0.6 is 0 Å². The molecule has 0 aromatic heterocycles. The maximum Gasteiger partial charge on any atom is 0.244 e. The molecule has 0 spiro atoms. The van der Waals surface area contributed by atoms with Gasteiger partial charge in [0.1, 0.15) is 16.4 Å². The van der Waals surface area contributed by atoms with E-state index >= 15 is 0 Å². The molecule has 124 valence electrons. The quantitative estimate of drug-likeness (QED) is 0.881. The molecule has 0 aliphatic carbocycles. The Kier molecular flexibility index (Phi) is 5.28. The average Bonchev–Trinajstić information content (AvgIpc) is 2.54. The molecule has 0 heterocycles. The molecule has 0 saturated carbocycles. The lowest BCUT2D eigenvalue weighted by Gasteiger charge is -2.17. The van der Waals surface area contributed by atoms with Crippen LogP contribution in [-0.2, 0) is 10.0 Å². The van der Waals surface area contributed by atoms with Gasteiger partial charge in [0, 0.05) is 12.1 Å². The van der Waals surface area contributed by atoms with Gasteiger partial charge in [-0.15, -0.1) is 0 Å². The summed E-state index contributed by atoms with van der Waals surface area (Å²) in [6.07, 6.45) is 0. The molecular formula is C17H21NO4S. The second kappa shape index (κ2) is 7.02. The first-order chi connectivity index (χ1) is 10.9. The van der Waals surface area contributed by atoms with Crippen molar-refractivity contribution in [2.75, 3.05) is 14.2 Å².